The second-order valence-electron chi connectivity index (χ2n) is 9.38. The van der Waals surface area contributed by atoms with Crippen molar-refractivity contribution in [3.05, 3.63) is 0 Å². The lowest BCUT2D eigenvalue weighted by Gasteiger charge is -2.69. The van der Waals surface area contributed by atoms with Crippen LogP contribution in [-0.2, 0) is 14.3 Å². The minimum atomic E-state index is -0.396. The van der Waals surface area contributed by atoms with Crippen LogP contribution in [0.3, 0.4) is 0 Å². The standard InChI is InChI=1S/C20H32O3/c1-17-11-7-14(21)13-20(17,4)19(3)10-6-9-18(2,16(22)23-5)15(19)8-12-17/h15H,6-13H2,1-5H3/t15?,17-,18-,19?,20-/m0/s1. The van der Waals surface area contributed by atoms with Gasteiger partial charge in [0.2, 0.25) is 0 Å². The summed E-state index contributed by atoms with van der Waals surface area (Å²) in [5.74, 6) is 0.681. The monoisotopic (exact) mass is 320 g/mol. The lowest BCUT2D eigenvalue weighted by atomic mass is 9.35. The number of ether oxygens (including phenoxy) is 1. The zero-order valence-electron chi connectivity index (χ0n) is 15.5. The molecule has 130 valence electrons. The van der Waals surface area contributed by atoms with E-state index in [1.54, 1.807) is 0 Å². The van der Waals surface area contributed by atoms with Gasteiger partial charge in [0.15, 0.2) is 0 Å². The Balaban J connectivity index is 2.08. The van der Waals surface area contributed by atoms with Crippen LogP contribution in [0.1, 0.15) is 79.1 Å². The molecular weight excluding hydrogens is 288 g/mol. The van der Waals surface area contributed by atoms with Crippen LogP contribution in [-0.4, -0.2) is 18.9 Å². The second kappa shape index (κ2) is 5.07. The van der Waals surface area contributed by atoms with Gasteiger partial charge in [-0.1, -0.05) is 27.2 Å². The van der Waals surface area contributed by atoms with Gasteiger partial charge < -0.3 is 4.74 Å². The third kappa shape index (κ3) is 2.01. The Kier molecular flexibility index (Phi) is 3.74. The van der Waals surface area contributed by atoms with Gasteiger partial charge in [0, 0.05) is 12.8 Å². The third-order valence-electron chi connectivity index (χ3n) is 8.67. The summed E-state index contributed by atoms with van der Waals surface area (Å²) >= 11 is 0. The zero-order chi connectivity index (χ0) is 17.1. The third-order valence-corrected chi connectivity index (χ3v) is 8.67. The molecule has 0 saturated heterocycles. The van der Waals surface area contributed by atoms with E-state index in [1.165, 1.54) is 7.11 Å². The van der Waals surface area contributed by atoms with E-state index in [0.29, 0.717) is 18.1 Å². The Morgan fingerprint density at radius 2 is 1.78 bits per heavy atom. The normalized spacial score (nSPS) is 50.0. The summed E-state index contributed by atoms with van der Waals surface area (Å²) in [5.41, 5.74) is -0.141. The van der Waals surface area contributed by atoms with Crippen LogP contribution in [0.4, 0.5) is 0 Å². The van der Waals surface area contributed by atoms with Gasteiger partial charge in [-0.2, -0.15) is 0 Å². The smallest absolute Gasteiger partial charge is 0.311 e. The summed E-state index contributed by atoms with van der Waals surface area (Å²) in [4.78, 5) is 24.9. The molecule has 0 N–H and O–H groups in total. The first-order valence-electron chi connectivity index (χ1n) is 9.23. The first-order chi connectivity index (χ1) is 10.6. The fourth-order valence-electron chi connectivity index (χ4n) is 6.79. The number of hydrogen-bond acceptors (Lipinski definition) is 3. The fraction of sp³-hybridized carbons (Fsp3) is 0.900. The van der Waals surface area contributed by atoms with E-state index >= 15 is 0 Å². The predicted molar refractivity (Wildman–Crippen MR) is 89.9 cm³/mol. The molecule has 0 aromatic carbocycles. The molecular formula is C20H32O3. The summed E-state index contributed by atoms with van der Waals surface area (Å²) in [6, 6.07) is 0. The van der Waals surface area contributed by atoms with Crippen molar-refractivity contribution in [3.63, 3.8) is 0 Å². The summed E-state index contributed by atoms with van der Waals surface area (Å²) in [5, 5.41) is 0. The van der Waals surface area contributed by atoms with Crippen LogP contribution in [0.2, 0.25) is 0 Å². The highest BCUT2D eigenvalue weighted by atomic mass is 16.5. The number of esters is 1. The van der Waals surface area contributed by atoms with Crippen LogP contribution >= 0.6 is 0 Å². The van der Waals surface area contributed by atoms with Crippen molar-refractivity contribution < 1.29 is 14.3 Å². The van der Waals surface area contributed by atoms with Crippen LogP contribution in [0, 0.1) is 27.6 Å². The number of fused-ring (bicyclic) bond motifs is 3. The molecule has 3 rings (SSSR count). The van der Waals surface area contributed by atoms with Crippen molar-refractivity contribution in [2.24, 2.45) is 27.6 Å². The van der Waals surface area contributed by atoms with E-state index in [0.717, 1.165) is 44.9 Å². The summed E-state index contributed by atoms with van der Waals surface area (Å²) in [6.07, 6.45) is 7.75. The maximum absolute atomic E-state index is 12.6. The van der Waals surface area contributed by atoms with E-state index in [-0.39, 0.29) is 22.2 Å². The molecule has 2 unspecified atom stereocenters. The van der Waals surface area contributed by atoms with Crippen LogP contribution in [0.25, 0.3) is 0 Å². The first-order valence-corrected chi connectivity index (χ1v) is 9.23. The van der Waals surface area contributed by atoms with Crippen molar-refractivity contribution in [2.75, 3.05) is 7.11 Å². The minimum Gasteiger partial charge on any atom is -0.469 e. The Labute approximate surface area is 140 Å². The summed E-state index contributed by atoms with van der Waals surface area (Å²) in [6.45, 7) is 9.22. The van der Waals surface area contributed by atoms with Crippen molar-refractivity contribution in [3.8, 4) is 0 Å². The molecule has 0 spiro atoms. The summed E-state index contributed by atoms with van der Waals surface area (Å²) in [7, 11) is 1.51. The lowest BCUT2D eigenvalue weighted by Crippen LogP contribution is -2.64. The lowest BCUT2D eigenvalue weighted by molar-refractivity contribution is -0.214. The van der Waals surface area contributed by atoms with Gasteiger partial charge in [0.05, 0.1) is 12.5 Å². The predicted octanol–water partition coefficient (Wildman–Crippen LogP) is 4.53. The van der Waals surface area contributed by atoms with E-state index in [9.17, 15) is 9.59 Å². The van der Waals surface area contributed by atoms with Gasteiger partial charge in [-0.3, -0.25) is 9.59 Å². The number of hydrogen-bond donors (Lipinski definition) is 0. The molecule has 0 aliphatic heterocycles. The Morgan fingerprint density at radius 1 is 1.09 bits per heavy atom. The highest BCUT2D eigenvalue weighted by Gasteiger charge is 2.67. The van der Waals surface area contributed by atoms with Crippen LogP contribution in [0.15, 0.2) is 0 Å². The van der Waals surface area contributed by atoms with Crippen molar-refractivity contribution in [2.45, 2.75) is 79.1 Å². The molecule has 3 fully saturated rings. The van der Waals surface area contributed by atoms with E-state index in [1.807, 2.05) is 0 Å². The highest BCUT2D eigenvalue weighted by molar-refractivity contribution is 5.81. The van der Waals surface area contributed by atoms with Crippen LogP contribution in [0.5, 0.6) is 0 Å². The number of Topliss-reactive ketones (excluding diaryl/α,β-unsaturated/α-hetero) is 1. The fourth-order valence-corrected chi connectivity index (χ4v) is 6.79. The number of carbonyl (C=O) groups is 2. The van der Waals surface area contributed by atoms with Crippen LogP contribution < -0.4 is 0 Å². The molecule has 3 aliphatic rings. The van der Waals surface area contributed by atoms with Gasteiger partial charge in [-0.15, -0.1) is 0 Å². The van der Waals surface area contributed by atoms with Gasteiger partial charge in [0.25, 0.3) is 0 Å². The number of carbonyl (C=O) groups excluding carboxylic acids is 2. The van der Waals surface area contributed by atoms with Crippen molar-refractivity contribution in [1.82, 2.24) is 0 Å². The maximum atomic E-state index is 12.6. The largest absolute Gasteiger partial charge is 0.469 e. The highest BCUT2D eigenvalue weighted by Crippen LogP contribution is 2.73. The quantitative estimate of drug-likeness (QED) is 0.667. The topological polar surface area (TPSA) is 43.4 Å². The van der Waals surface area contributed by atoms with Gasteiger partial charge in [-0.05, 0) is 61.2 Å². The number of methoxy groups -OCH3 is 1. The Bertz CT molecular complexity index is 541. The molecule has 3 heteroatoms. The molecule has 0 amide bonds. The molecule has 0 radical (unpaired) electrons. The molecule has 3 nitrogen and oxygen atoms in total. The van der Waals surface area contributed by atoms with E-state index in [2.05, 4.69) is 27.7 Å². The zero-order valence-corrected chi connectivity index (χ0v) is 15.5. The van der Waals surface area contributed by atoms with Crippen molar-refractivity contribution >= 4 is 11.8 Å². The van der Waals surface area contributed by atoms with E-state index in [4.69, 9.17) is 4.74 Å². The number of rotatable bonds is 1. The SMILES string of the molecule is COC(=O)[C@@]1(C)CCCC2(C)C1CC[C@]1(C)CCC(=O)C[C@]21C. The molecule has 3 saturated carbocycles. The second-order valence-corrected chi connectivity index (χ2v) is 9.38. The van der Waals surface area contributed by atoms with E-state index < -0.39 is 5.41 Å². The first kappa shape index (κ1) is 17.0. The minimum absolute atomic E-state index is 0.00600. The molecule has 23 heavy (non-hydrogen) atoms. The summed E-state index contributed by atoms with van der Waals surface area (Å²) < 4.78 is 5.20. The average Bonchev–Trinajstić information content (AvgIpc) is 2.49. The molecule has 0 bridgehead atoms. The Morgan fingerprint density at radius 3 is 2.43 bits per heavy atom. The maximum Gasteiger partial charge on any atom is 0.311 e. The van der Waals surface area contributed by atoms with Gasteiger partial charge >= 0.3 is 5.97 Å². The number of ketones is 1. The molecule has 3 aliphatic carbocycles. The van der Waals surface area contributed by atoms with Crippen molar-refractivity contribution in [1.29, 1.82) is 0 Å². The average molecular weight is 320 g/mol. The molecule has 0 heterocycles. The van der Waals surface area contributed by atoms with Gasteiger partial charge in [0.1, 0.15) is 5.78 Å². The molecule has 0 aromatic heterocycles. The molecule has 5 atom stereocenters. The Hall–Kier alpha value is -0.860. The van der Waals surface area contributed by atoms with Gasteiger partial charge in [-0.25, -0.2) is 0 Å². The molecule has 0 aromatic rings.